The molecule has 23 heavy (non-hydrogen) atoms. The molecule has 0 saturated heterocycles. The fourth-order valence-corrected chi connectivity index (χ4v) is 3.06. The summed E-state index contributed by atoms with van der Waals surface area (Å²) in [6.45, 7) is 1.64. The Balaban J connectivity index is 2.10. The molecule has 1 aromatic carbocycles. The smallest absolute Gasteiger partial charge is 0.315 e. The van der Waals surface area contributed by atoms with Crippen molar-refractivity contribution in [3.05, 3.63) is 30.2 Å². The van der Waals surface area contributed by atoms with Crippen molar-refractivity contribution in [1.29, 1.82) is 0 Å². The van der Waals surface area contributed by atoms with E-state index in [1.54, 1.807) is 6.92 Å². The highest BCUT2D eigenvalue weighted by molar-refractivity contribution is 7.92. The van der Waals surface area contributed by atoms with Crippen LogP contribution < -0.4 is 4.72 Å². The molecule has 0 bridgehead atoms. The predicted molar refractivity (Wildman–Crippen MR) is 78.6 cm³/mol. The van der Waals surface area contributed by atoms with E-state index >= 15 is 0 Å². The normalized spacial score (nSPS) is 13.3. The number of aromatic nitrogens is 2. The highest BCUT2D eigenvalue weighted by Gasteiger charge is 2.18. The van der Waals surface area contributed by atoms with Gasteiger partial charge in [0.2, 0.25) is 15.8 Å². The number of anilines is 1. The van der Waals surface area contributed by atoms with Crippen LogP contribution in [-0.2, 0) is 14.8 Å². The summed E-state index contributed by atoms with van der Waals surface area (Å²) in [7, 11) is -2.13. The van der Waals surface area contributed by atoms with Crippen LogP contribution in [-0.4, -0.2) is 37.5 Å². The van der Waals surface area contributed by atoms with Crippen LogP contribution in [0.5, 0.6) is 0 Å². The van der Waals surface area contributed by atoms with E-state index in [4.69, 9.17) is 4.74 Å². The van der Waals surface area contributed by atoms with Crippen molar-refractivity contribution < 1.29 is 26.5 Å². The first kappa shape index (κ1) is 17.3. The van der Waals surface area contributed by atoms with Crippen LogP contribution in [0.1, 0.15) is 19.2 Å². The Morgan fingerprint density at radius 1 is 1.30 bits per heavy atom. The minimum Gasteiger partial charge on any atom is -0.381 e. The summed E-state index contributed by atoms with van der Waals surface area (Å²) >= 11 is 0. The van der Waals surface area contributed by atoms with Crippen molar-refractivity contribution in [3.8, 4) is 11.4 Å². The molecule has 1 atom stereocenters. The van der Waals surface area contributed by atoms with E-state index < -0.39 is 28.4 Å². The lowest BCUT2D eigenvalue weighted by Crippen LogP contribution is -2.25. The summed E-state index contributed by atoms with van der Waals surface area (Å²) in [6, 6.07) is 5.95. The van der Waals surface area contributed by atoms with Gasteiger partial charge in [-0.3, -0.25) is 4.72 Å². The maximum Gasteiger partial charge on any atom is 0.315 e. The van der Waals surface area contributed by atoms with Crippen LogP contribution in [0.2, 0.25) is 0 Å². The van der Waals surface area contributed by atoms with Crippen molar-refractivity contribution in [2.24, 2.45) is 0 Å². The van der Waals surface area contributed by atoms with Gasteiger partial charge in [-0.15, -0.1) is 0 Å². The molecule has 0 unspecified atom stereocenters. The number of hydrogen-bond donors (Lipinski definition) is 1. The molecule has 126 valence electrons. The van der Waals surface area contributed by atoms with Gasteiger partial charge in [-0.25, -0.2) is 8.42 Å². The van der Waals surface area contributed by atoms with Crippen LogP contribution in [0.3, 0.4) is 0 Å². The van der Waals surface area contributed by atoms with Crippen LogP contribution in [0.4, 0.5) is 14.5 Å². The number of ether oxygens (including phenoxy) is 1. The summed E-state index contributed by atoms with van der Waals surface area (Å²) in [5.41, 5.74) is 0.753. The topological polar surface area (TPSA) is 94.3 Å². The molecule has 0 aliphatic heterocycles. The lowest BCUT2D eigenvalue weighted by Gasteiger charge is -2.12. The Labute approximate surface area is 131 Å². The molecule has 10 heteroatoms. The van der Waals surface area contributed by atoms with E-state index in [1.807, 2.05) is 0 Å². The van der Waals surface area contributed by atoms with E-state index in [0.29, 0.717) is 11.3 Å². The van der Waals surface area contributed by atoms with Gasteiger partial charge in [-0.05, 0) is 31.2 Å². The maximum absolute atomic E-state index is 12.4. The summed E-state index contributed by atoms with van der Waals surface area (Å²) in [4.78, 5) is 3.55. The van der Waals surface area contributed by atoms with Gasteiger partial charge in [0.1, 0.15) is 0 Å². The predicted octanol–water partition coefficient (Wildman–Crippen LogP) is 2.45. The van der Waals surface area contributed by atoms with Gasteiger partial charge in [0.05, 0.1) is 11.9 Å². The highest BCUT2D eigenvalue weighted by atomic mass is 32.2. The molecule has 1 aromatic heterocycles. The largest absolute Gasteiger partial charge is 0.381 e. The quantitative estimate of drug-likeness (QED) is 0.827. The number of rotatable bonds is 7. The lowest BCUT2D eigenvalue weighted by molar-refractivity contribution is 0.106. The molecular formula is C13H15F2N3O4S. The van der Waals surface area contributed by atoms with Gasteiger partial charge in [0.15, 0.2) is 0 Å². The highest BCUT2D eigenvalue weighted by Crippen LogP contribution is 2.23. The lowest BCUT2D eigenvalue weighted by atomic mass is 10.2. The zero-order valence-corrected chi connectivity index (χ0v) is 13.2. The van der Waals surface area contributed by atoms with Gasteiger partial charge in [-0.1, -0.05) is 5.16 Å². The van der Waals surface area contributed by atoms with Gasteiger partial charge in [0, 0.05) is 18.4 Å². The zero-order chi connectivity index (χ0) is 17.0. The molecule has 0 fully saturated rings. The average Bonchev–Trinajstić information content (AvgIpc) is 2.97. The first-order chi connectivity index (χ1) is 10.8. The van der Waals surface area contributed by atoms with E-state index in [2.05, 4.69) is 19.4 Å². The van der Waals surface area contributed by atoms with Gasteiger partial charge >= 0.3 is 6.43 Å². The Hall–Kier alpha value is -2.07. The average molecular weight is 347 g/mol. The van der Waals surface area contributed by atoms with Crippen molar-refractivity contribution >= 4 is 15.7 Å². The number of alkyl halides is 2. The van der Waals surface area contributed by atoms with Crippen LogP contribution in [0, 0.1) is 0 Å². The molecule has 0 amide bonds. The first-order valence-electron chi connectivity index (χ1n) is 6.56. The fourth-order valence-electron chi connectivity index (χ4n) is 1.73. The fraction of sp³-hybridized carbons (Fsp3) is 0.385. The van der Waals surface area contributed by atoms with Crippen molar-refractivity contribution in [2.45, 2.75) is 19.5 Å². The minimum absolute atomic E-state index is 0.00251. The van der Waals surface area contributed by atoms with E-state index in [1.165, 1.54) is 31.4 Å². The monoisotopic (exact) mass is 347 g/mol. The third-order valence-corrected chi connectivity index (χ3v) is 4.36. The van der Waals surface area contributed by atoms with Crippen LogP contribution >= 0.6 is 0 Å². The number of hydrogen-bond acceptors (Lipinski definition) is 6. The molecule has 0 radical (unpaired) electrons. The van der Waals surface area contributed by atoms with Gasteiger partial charge in [0.25, 0.3) is 5.89 Å². The second-order valence-corrected chi connectivity index (χ2v) is 6.53. The Kier molecular flexibility index (Phi) is 5.26. The van der Waals surface area contributed by atoms with Crippen molar-refractivity contribution in [2.75, 3.05) is 17.6 Å². The summed E-state index contributed by atoms with van der Waals surface area (Å²) in [5.74, 6) is -0.950. The molecule has 7 nitrogen and oxygen atoms in total. The second kappa shape index (κ2) is 7.01. The number of sulfonamides is 1. The first-order valence-corrected chi connectivity index (χ1v) is 8.21. The Morgan fingerprint density at radius 3 is 2.48 bits per heavy atom. The minimum atomic E-state index is -3.55. The van der Waals surface area contributed by atoms with Gasteiger partial charge in [-0.2, -0.15) is 13.8 Å². The van der Waals surface area contributed by atoms with Crippen LogP contribution in [0.15, 0.2) is 28.8 Å². The van der Waals surface area contributed by atoms with E-state index in [-0.39, 0.29) is 11.6 Å². The van der Waals surface area contributed by atoms with Crippen molar-refractivity contribution in [3.63, 3.8) is 0 Å². The van der Waals surface area contributed by atoms with Crippen LogP contribution in [0.25, 0.3) is 11.4 Å². The third kappa shape index (κ3) is 4.70. The zero-order valence-electron chi connectivity index (χ0n) is 12.4. The number of benzene rings is 1. The summed E-state index contributed by atoms with van der Waals surface area (Å²) < 4.78 is 60.3. The van der Waals surface area contributed by atoms with Gasteiger partial charge < -0.3 is 9.26 Å². The number of nitrogens with one attached hydrogen (secondary N) is 1. The molecule has 2 rings (SSSR count). The third-order valence-electron chi connectivity index (χ3n) is 2.90. The molecule has 1 heterocycles. The summed E-state index contributed by atoms with van der Waals surface area (Å²) in [5, 5.41) is 3.44. The molecule has 0 saturated carbocycles. The molecule has 0 spiro atoms. The molecular weight excluding hydrogens is 332 g/mol. The molecule has 0 aliphatic rings. The number of methoxy groups -OCH3 is 1. The molecule has 2 aromatic rings. The number of halogens is 2. The molecule has 1 N–H and O–H groups in total. The van der Waals surface area contributed by atoms with E-state index in [0.717, 1.165) is 0 Å². The SMILES string of the molecule is CO[C@@H](C)CS(=O)(=O)Nc1ccc(-c2noc(C(F)F)n2)cc1. The standard InChI is InChI=1S/C13H15F2N3O4S/c1-8(21-2)7-23(19,20)18-10-5-3-9(4-6-10)12-16-13(11(14)15)22-17-12/h3-6,8,11,18H,7H2,1-2H3/t8-/m0/s1. The molecule has 0 aliphatic carbocycles. The Bertz CT molecular complexity index is 747. The van der Waals surface area contributed by atoms with E-state index in [9.17, 15) is 17.2 Å². The number of nitrogens with zero attached hydrogens (tertiary/aromatic N) is 2. The van der Waals surface area contributed by atoms with Crippen molar-refractivity contribution in [1.82, 2.24) is 10.1 Å². The maximum atomic E-state index is 12.4. The Morgan fingerprint density at radius 2 is 1.96 bits per heavy atom. The second-order valence-electron chi connectivity index (χ2n) is 4.76. The summed E-state index contributed by atoms with van der Waals surface area (Å²) in [6.07, 6.45) is -3.29.